The number of aromatic nitrogens is 4. The van der Waals surface area contributed by atoms with Crippen LogP contribution < -0.4 is 10.6 Å². The van der Waals surface area contributed by atoms with Crippen LogP contribution in [0.4, 0.5) is 10.5 Å². The minimum absolute atomic E-state index is 0.0406. The molecule has 1 saturated heterocycles. The number of carbonyl (C=O) groups excluding carboxylic acids is 2. The third-order valence-electron chi connectivity index (χ3n) is 5.50. The molecule has 2 N–H and O–H groups in total. The number of anilines is 1. The second kappa shape index (κ2) is 11.1. The molecule has 0 aliphatic carbocycles. The van der Waals surface area contributed by atoms with Crippen LogP contribution in [0.15, 0.2) is 18.6 Å². The van der Waals surface area contributed by atoms with Gasteiger partial charge in [0.1, 0.15) is 6.04 Å². The van der Waals surface area contributed by atoms with Crippen LogP contribution in [0.25, 0.3) is 0 Å². The van der Waals surface area contributed by atoms with Gasteiger partial charge in [0.15, 0.2) is 5.11 Å². The summed E-state index contributed by atoms with van der Waals surface area (Å²) in [6, 6.07) is -0.477. The molecule has 0 bridgehead atoms. The predicted octanol–water partition coefficient (Wildman–Crippen LogP) is 1.76. The molecule has 0 aromatic carbocycles. The van der Waals surface area contributed by atoms with Crippen molar-refractivity contribution in [2.45, 2.75) is 46.8 Å². The van der Waals surface area contributed by atoms with Crippen LogP contribution in [0.1, 0.15) is 38.1 Å². The van der Waals surface area contributed by atoms with Gasteiger partial charge in [0.05, 0.1) is 24.2 Å². The molecule has 0 spiro atoms. The van der Waals surface area contributed by atoms with Gasteiger partial charge in [0.25, 0.3) is 0 Å². The highest BCUT2D eigenvalue weighted by Crippen LogP contribution is 2.18. The Kier molecular flexibility index (Phi) is 8.26. The molecule has 2 aromatic heterocycles. The van der Waals surface area contributed by atoms with Crippen molar-refractivity contribution in [1.82, 2.24) is 34.7 Å². The van der Waals surface area contributed by atoms with Gasteiger partial charge in [-0.2, -0.15) is 10.2 Å². The Bertz CT molecular complexity index is 980. The first-order valence-corrected chi connectivity index (χ1v) is 11.6. The number of nitrogens with zero attached hydrogens (tertiary/aromatic N) is 6. The number of hydrogen-bond donors (Lipinski definition) is 2. The van der Waals surface area contributed by atoms with Crippen LogP contribution in [0.5, 0.6) is 0 Å². The van der Waals surface area contributed by atoms with Crippen molar-refractivity contribution in [3.8, 4) is 0 Å². The monoisotopic (exact) mass is 476 g/mol. The summed E-state index contributed by atoms with van der Waals surface area (Å²) >= 11 is 5.41. The van der Waals surface area contributed by atoms with E-state index >= 15 is 0 Å². The van der Waals surface area contributed by atoms with E-state index in [9.17, 15) is 9.59 Å². The number of amides is 2. The second-order valence-corrected chi connectivity index (χ2v) is 8.22. The van der Waals surface area contributed by atoms with E-state index in [1.807, 2.05) is 37.8 Å². The molecule has 1 fully saturated rings. The highest BCUT2D eigenvalue weighted by atomic mass is 32.1. The predicted molar refractivity (Wildman–Crippen MR) is 128 cm³/mol. The van der Waals surface area contributed by atoms with E-state index < -0.39 is 6.04 Å². The van der Waals surface area contributed by atoms with E-state index in [-0.39, 0.29) is 12.0 Å². The van der Waals surface area contributed by atoms with Gasteiger partial charge >= 0.3 is 6.09 Å². The van der Waals surface area contributed by atoms with Gasteiger partial charge in [0.2, 0.25) is 5.91 Å². The van der Waals surface area contributed by atoms with Crippen LogP contribution in [-0.4, -0.2) is 79.3 Å². The Morgan fingerprint density at radius 3 is 2.52 bits per heavy atom. The molecule has 2 amide bonds. The van der Waals surface area contributed by atoms with Gasteiger partial charge in [0, 0.05) is 57.2 Å². The number of piperazine rings is 1. The number of carbonyl (C=O) groups is 2. The topological polar surface area (TPSA) is 110 Å². The maximum atomic E-state index is 13.0. The van der Waals surface area contributed by atoms with E-state index in [2.05, 4.69) is 20.8 Å². The van der Waals surface area contributed by atoms with Crippen LogP contribution >= 0.6 is 12.2 Å². The van der Waals surface area contributed by atoms with Crippen molar-refractivity contribution >= 4 is 35.0 Å². The summed E-state index contributed by atoms with van der Waals surface area (Å²) in [6.45, 7) is 11.1. The molecule has 1 aliphatic heterocycles. The maximum absolute atomic E-state index is 13.0. The minimum atomic E-state index is -0.477. The van der Waals surface area contributed by atoms with Crippen LogP contribution in [0.3, 0.4) is 0 Å². The maximum Gasteiger partial charge on any atom is 0.409 e. The van der Waals surface area contributed by atoms with E-state index in [0.29, 0.717) is 44.4 Å². The Labute approximate surface area is 199 Å². The molecule has 11 nitrogen and oxygen atoms in total. The summed E-state index contributed by atoms with van der Waals surface area (Å²) in [5.41, 5.74) is 2.52. The number of nitrogens with one attached hydrogen (secondary N) is 2. The fourth-order valence-corrected chi connectivity index (χ4v) is 3.71. The fraction of sp³-hybridized carbons (Fsp3) is 0.571. The lowest BCUT2D eigenvalue weighted by Gasteiger charge is -2.35. The normalized spacial score (nSPS) is 14.7. The molecule has 33 heavy (non-hydrogen) atoms. The first kappa shape index (κ1) is 24.5. The Balaban J connectivity index is 1.52. The summed E-state index contributed by atoms with van der Waals surface area (Å²) < 4.78 is 8.54. The molecule has 0 saturated carbocycles. The van der Waals surface area contributed by atoms with Crippen molar-refractivity contribution in [2.24, 2.45) is 0 Å². The van der Waals surface area contributed by atoms with Gasteiger partial charge in [-0.3, -0.25) is 14.2 Å². The quantitative estimate of drug-likeness (QED) is 0.582. The first-order chi connectivity index (χ1) is 15.8. The van der Waals surface area contributed by atoms with Crippen LogP contribution in [0.2, 0.25) is 0 Å². The first-order valence-electron chi connectivity index (χ1n) is 11.1. The average Bonchev–Trinajstić information content (AvgIpc) is 3.43. The number of rotatable bonds is 7. The Morgan fingerprint density at radius 2 is 1.88 bits per heavy atom. The third-order valence-corrected chi connectivity index (χ3v) is 5.75. The Morgan fingerprint density at radius 1 is 1.18 bits per heavy atom. The van der Waals surface area contributed by atoms with E-state index in [1.165, 1.54) is 0 Å². The zero-order valence-electron chi connectivity index (χ0n) is 19.6. The van der Waals surface area contributed by atoms with Crippen LogP contribution in [0, 0.1) is 6.92 Å². The van der Waals surface area contributed by atoms with Gasteiger partial charge in [-0.05, 0) is 39.9 Å². The number of thiocarbonyl (C=S) groups is 1. The zero-order chi connectivity index (χ0) is 24.0. The van der Waals surface area contributed by atoms with E-state index in [1.54, 1.807) is 27.6 Å². The molecule has 180 valence electrons. The highest BCUT2D eigenvalue weighted by molar-refractivity contribution is 7.80. The average molecular weight is 477 g/mol. The molecule has 1 unspecified atom stereocenters. The molecule has 0 radical (unpaired) electrons. The van der Waals surface area contributed by atoms with Crippen molar-refractivity contribution in [3.05, 3.63) is 29.8 Å². The van der Waals surface area contributed by atoms with Gasteiger partial charge in [-0.25, -0.2) is 4.79 Å². The van der Waals surface area contributed by atoms with Crippen molar-refractivity contribution in [1.29, 1.82) is 0 Å². The Hall–Kier alpha value is -3.15. The summed E-state index contributed by atoms with van der Waals surface area (Å²) in [5, 5.41) is 15.5. The molecule has 12 heteroatoms. The lowest BCUT2D eigenvalue weighted by molar-refractivity contribution is -0.136. The largest absolute Gasteiger partial charge is 0.450 e. The highest BCUT2D eigenvalue weighted by Gasteiger charge is 2.28. The number of hydrogen-bond acceptors (Lipinski definition) is 6. The lowest BCUT2D eigenvalue weighted by Crippen LogP contribution is -2.52. The summed E-state index contributed by atoms with van der Waals surface area (Å²) in [4.78, 5) is 28.2. The number of ether oxygens (including phenoxy) is 1. The smallest absolute Gasteiger partial charge is 0.409 e. The van der Waals surface area contributed by atoms with Gasteiger partial charge in [-0.15, -0.1) is 0 Å². The van der Waals surface area contributed by atoms with E-state index in [0.717, 1.165) is 23.5 Å². The standard InChI is InChI=1S/C21H32N8O3S/c1-5-28-13-17(12-23-28)11-22-20(33)24-18-14-29(25-15(18)3)16(4)19(30)26-7-9-27(10-8-26)21(31)32-6-2/h12-14,16H,5-11H2,1-4H3,(H2,22,24,33). The molecule has 3 heterocycles. The van der Waals surface area contributed by atoms with Crippen molar-refractivity contribution in [3.63, 3.8) is 0 Å². The molecule has 1 aliphatic rings. The van der Waals surface area contributed by atoms with Gasteiger partial charge in [-0.1, -0.05) is 0 Å². The third kappa shape index (κ3) is 6.21. The summed E-state index contributed by atoms with van der Waals surface area (Å²) in [5.74, 6) is -0.0406. The lowest BCUT2D eigenvalue weighted by atomic mass is 10.2. The molecule has 3 rings (SSSR count). The summed E-state index contributed by atoms with van der Waals surface area (Å²) in [7, 11) is 0. The fourth-order valence-electron chi connectivity index (χ4n) is 3.52. The van der Waals surface area contributed by atoms with Gasteiger partial charge < -0.3 is 25.2 Å². The van der Waals surface area contributed by atoms with Crippen molar-refractivity contribution in [2.75, 3.05) is 38.1 Å². The minimum Gasteiger partial charge on any atom is -0.450 e. The van der Waals surface area contributed by atoms with Crippen LogP contribution in [-0.2, 0) is 22.6 Å². The molecule has 1 atom stereocenters. The molecule has 2 aromatic rings. The molecular weight excluding hydrogens is 444 g/mol. The van der Waals surface area contributed by atoms with Crippen molar-refractivity contribution < 1.29 is 14.3 Å². The molecular formula is C21H32N8O3S. The second-order valence-electron chi connectivity index (χ2n) is 7.81. The summed E-state index contributed by atoms with van der Waals surface area (Å²) in [6.07, 6.45) is 5.23. The SMILES string of the molecule is CCOC(=O)N1CCN(C(=O)C(C)n2cc(NC(=S)NCc3cnn(CC)c3)c(C)n2)CC1. The zero-order valence-corrected chi connectivity index (χ0v) is 20.4. The number of aryl methyl sites for hydroxylation is 2. The van der Waals surface area contributed by atoms with E-state index in [4.69, 9.17) is 17.0 Å².